The molecule has 0 aromatic heterocycles. The molecule has 3 atom stereocenters. The summed E-state index contributed by atoms with van der Waals surface area (Å²) in [5.74, 6) is -0.498. The molecule has 0 aromatic carbocycles. The van der Waals surface area contributed by atoms with Gasteiger partial charge in [0.1, 0.15) is 6.10 Å². The summed E-state index contributed by atoms with van der Waals surface area (Å²) in [6.45, 7) is 4.20. The minimum atomic E-state index is -1.09. The van der Waals surface area contributed by atoms with E-state index in [0.29, 0.717) is 6.42 Å². The Hall–Kier alpha value is -0.910. The third-order valence-electron chi connectivity index (χ3n) is 12.1. The van der Waals surface area contributed by atoms with E-state index >= 15 is 0 Å². The monoisotopic (exact) mass is 792 g/mol. The number of hydrogen-bond donors (Lipinski definition) is 4. The number of nitrogens with one attached hydrogen (secondary N) is 1. The first-order valence-corrected chi connectivity index (χ1v) is 25.5. The van der Waals surface area contributed by atoms with Crippen LogP contribution in [0.3, 0.4) is 0 Å². The highest BCUT2D eigenvalue weighted by Gasteiger charge is 2.22. The zero-order chi connectivity index (χ0) is 40.8. The number of rotatable bonds is 47. The van der Waals surface area contributed by atoms with Gasteiger partial charge < -0.3 is 20.6 Å². The predicted octanol–water partition coefficient (Wildman–Crippen LogP) is 15.2. The second kappa shape index (κ2) is 46.8. The first kappa shape index (κ1) is 55.1. The van der Waals surface area contributed by atoms with Gasteiger partial charge in [-0.05, 0) is 19.3 Å². The average Bonchev–Trinajstić information content (AvgIpc) is 3.20. The molecule has 56 heavy (non-hydrogen) atoms. The Bertz CT molecular complexity index is 788. The van der Waals surface area contributed by atoms with Crippen molar-refractivity contribution < 1.29 is 20.1 Å². The maximum atomic E-state index is 12.5. The number of allylic oxidation sites excluding steroid dienone is 1. The van der Waals surface area contributed by atoms with Crippen LogP contribution in [0.5, 0.6) is 0 Å². The van der Waals surface area contributed by atoms with Gasteiger partial charge in [0.25, 0.3) is 0 Å². The summed E-state index contributed by atoms with van der Waals surface area (Å²) in [5, 5.41) is 33.2. The first-order valence-electron chi connectivity index (χ1n) is 25.5. The van der Waals surface area contributed by atoms with Crippen LogP contribution in [-0.4, -0.2) is 46.1 Å². The molecule has 0 aliphatic carbocycles. The molecular formula is C51H101NO4. The number of aliphatic hydroxyl groups is 3. The highest BCUT2D eigenvalue weighted by atomic mass is 16.3. The lowest BCUT2D eigenvalue weighted by atomic mass is 10.0. The van der Waals surface area contributed by atoms with Gasteiger partial charge in [-0.1, -0.05) is 276 Å². The molecule has 0 saturated carbocycles. The summed E-state index contributed by atoms with van der Waals surface area (Å²) in [4.78, 5) is 12.5. The molecule has 0 aliphatic heterocycles. The van der Waals surface area contributed by atoms with E-state index in [9.17, 15) is 20.1 Å². The van der Waals surface area contributed by atoms with Crippen molar-refractivity contribution in [1.82, 2.24) is 5.32 Å². The van der Waals surface area contributed by atoms with Crippen LogP contribution < -0.4 is 5.32 Å². The molecule has 1 amide bonds. The molecule has 0 saturated heterocycles. The summed E-state index contributed by atoms with van der Waals surface area (Å²) in [6, 6.07) is -0.793. The molecule has 4 N–H and O–H groups in total. The normalized spacial score (nSPS) is 13.4. The highest BCUT2D eigenvalue weighted by Crippen LogP contribution is 2.17. The minimum Gasteiger partial charge on any atom is -0.394 e. The Morgan fingerprint density at radius 2 is 0.696 bits per heavy atom. The molecule has 0 aliphatic rings. The molecule has 0 heterocycles. The smallest absolute Gasteiger partial charge is 0.249 e. The van der Waals surface area contributed by atoms with E-state index in [-0.39, 0.29) is 6.61 Å². The van der Waals surface area contributed by atoms with E-state index in [0.717, 1.165) is 32.1 Å². The van der Waals surface area contributed by atoms with E-state index < -0.39 is 24.2 Å². The lowest BCUT2D eigenvalue weighted by molar-refractivity contribution is -0.131. The van der Waals surface area contributed by atoms with E-state index in [1.54, 1.807) is 6.08 Å². The van der Waals surface area contributed by atoms with Crippen molar-refractivity contribution in [3.05, 3.63) is 12.2 Å². The lowest BCUT2D eigenvalue weighted by Gasteiger charge is -2.21. The molecule has 334 valence electrons. The zero-order valence-corrected chi connectivity index (χ0v) is 38.0. The summed E-state index contributed by atoms with van der Waals surface area (Å²) in [7, 11) is 0. The largest absolute Gasteiger partial charge is 0.394 e. The summed E-state index contributed by atoms with van der Waals surface area (Å²) < 4.78 is 0. The number of hydrogen-bond acceptors (Lipinski definition) is 4. The van der Waals surface area contributed by atoms with Crippen molar-refractivity contribution in [2.45, 2.75) is 302 Å². The second-order valence-electron chi connectivity index (χ2n) is 17.7. The fraction of sp³-hybridized carbons (Fsp3) is 0.941. The Morgan fingerprint density at radius 3 is 0.982 bits per heavy atom. The van der Waals surface area contributed by atoms with Crippen molar-refractivity contribution in [3.63, 3.8) is 0 Å². The van der Waals surface area contributed by atoms with Gasteiger partial charge in [-0.3, -0.25) is 4.79 Å². The molecule has 0 radical (unpaired) electrons. The second-order valence-corrected chi connectivity index (χ2v) is 17.7. The van der Waals surface area contributed by atoms with Gasteiger partial charge in [-0.25, -0.2) is 0 Å². The number of carbonyl (C=O) groups is 1. The van der Waals surface area contributed by atoms with E-state index in [4.69, 9.17) is 0 Å². The number of carbonyl (C=O) groups excluding carboxylic acids is 1. The molecular weight excluding hydrogens is 691 g/mol. The van der Waals surface area contributed by atoms with Crippen LogP contribution in [0.4, 0.5) is 0 Å². The summed E-state index contributed by atoms with van der Waals surface area (Å²) in [6.07, 6.45) is 57.0. The molecule has 0 fully saturated rings. The molecule has 0 rings (SSSR count). The number of amides is 1. The topological polar surface area (TPSA) is 89.8 Å². The quantitative estimate of drug-likeness (QED) is 0.0365. The molecule has 0 aromatic rings. The Morgan fingerprint density at radius 1 is 0.429 bits per heavy atom. The van der Waals surface area contributed by atoms with Gasteiger partial charge in [-0.15, -0.1) is 0 Å². The fourth-order valence-corrected chi connectivity index (χ4v) is 8.13. The van der Waals surface area contributed by atoms with E-state index in [1.165, 1.54) is 231 Å². The third kappa shape index (κ3) is 41.3. The fourth-order valence-electron chi connectivity index (χ4n) is 8.13. The number of unbranched alkanes of at least 4 members (excludes halogenated alkanes) is 39. The summed E-state index contributed by atoms with van der Waals surface area (Å²) >= 11 is 0. The van der Waals surface area contributed by atoms with Crippen LogP contribution in [0.25, 0.3) is 0 Å². The van der Waals surface area contributed by atoms with Gasteiger partial charge in [0.2, 0.25) is 5.91 Å². The number of aliphatic hydroxyl groups excluding tert-OH is 3. The maximum absolute atomic E-state index is 12.5. The van der Waals surface area contributed by atoms with Gasteiger partial charge in [0.15, 0.2) is 0 Å². The Kier molecular flexibility index (Phi) is 46.0. The van der Waals surface area contributed by atoms with Gasteiger partial charge in [-0.2, -0.15) is 0 Å². The highest BCUT2D eigenvalue weighted by molar-refractivity contribution is 5.80. The SMILES string of the molecule is CCCCCCCCCCCCCC/C=C/C(O)C(CO)NC(=O)C(O)CCCCCCCCCCCCCCCCCCCCCCCCCCCCCC. The van der Waals surface area contributed by atoms with Crippen LogP contribution in [0.2, 0.25) is 0 Å². The average molecular weight is 792 g/mol. The zero-order valence-electron chi connectivity index (χ0n) is 38.0. The predicted molar refractivity (Wildman–Crippen MR) is 245 cm³/mol. The van der Waals surface area contributed by atoms with Crippen LogP contribution >= 0.6 is 0 Å². The molecule has 0 spiro atoms. The van der Waals surface area contributed by atoms with Crippen LogP contribution in [-0.2, 0) is 4.79 Å². The van der Waals surface area contributed by atoms with Crippen LogP contribution in [0.1, 0.15) is 284 Å². The summed E-state index contributed by atoms with van der Waals surface area (Å²) in [5.41, 5.74) is 0. The van der Waals surface area contributed by atoms with Crippen LogP contribution in [0, 0.1) is 0 Å². The van der Waals surface area contributed by atoms with E-state index in [2.05, 4.69) is 19.2 Å². The van der Waals surface area contributed by atoms with Gasteiger partial charge in [0.05, 0.1) is 18.8 Å². The molecule has 3 unspecified atom stereocenters. The molecule has 5 heteroatoms. The van der Waals surface area contributed by atoms with Gasteiger partial charge in [0, 0.05) is 0 Å². The first-order chi connectivity index (χ1) is 27.6. The Balaban J connectivity index is 3.51. The van der Waals surface area contributed by atoms with Gasteiger partial charge >= 0.3 is 0 Å². The third-order valence-corrected chi connectivity index (χ3v) is 12.1. The van der Waals surface area contributed by atoms with Crippen molar-refractivity contribution in [1.29, 1.82) is 0 Å². The lowest BCUT2D eigenvalue weighted by Crippen LogP contribution is -2.48. The molecule has 5 nitrogen and oxygen atoms in total. The van der Waals surface area contributed by atoms with Crippen molar-refractivity contribution in [2.24, 2.45) is 0 Å². The van der Waals surface area contributed by atoms with Crippen LogP contribution in [0.15, 0.2) is 12.2 Å². The van der Waals surface area contributed by atoms with Crippen molar-refractivity contribution in [3.8, 4) is 0 Å². The maximum Gasteiger partial charge on any atom is 0.249 e. The molecule has 0 bridgehead atoms. The van der Waals surface area contributed by atoms with Crippen molar-refractivity contribution in [2.75, 3.05) is 6.61 Å². The van der Waals surface area contributed by atoms with Crippen molar-refractivity contribution >= 4 is 5.91 Å². The standard InChI is InChI=1S/C51H101NO4/c1-3-5-7-9-11-13-15-17-19-20-21-22-23-24-25-26-27-28-29-30-31-32-34-36-38-40-42-44-46-50(55)51(56)52-48(47-53)49(54)45-43-41-39-37-35-33-18-16-14-12-10-8-6-4-2/h43,45,48-50,53-55H,3-42,44,46-47H2,1-2H3,(H,52,56)/b45-43+. The Labute approximate surface area is 350 Å². The minimum absolute atomic E-state index is 0.359. The van der Waals surface area contributed by atoms with E-state index in [1.807, 2.05) is 6.08 Å².